The largest absolute Gasteiger partial charge is 0.454 e. The van der Waals surface area contributed by atoms with Crippen molar-refractivity contribution in [2.24, 2.45) is 5.73 Å². The minimum atomic E-state index is -0.390. The Morgan fingerprint density at radius 2 is 1.94 bits per heavy atom. The van der Waals surface area contributed by atoms with Crippen LogP contribution < -0.4 is 10.5 Å². The van der Waals surface area contributed by atoms with Crippen molar-refractivity contribution in [1.82, 2.24) is 0 Å². The highest BCUT2D eigenvalue weighted by Crippen LogP contribution is 2.30. The van der Waals surface area contributed by atoms with Gasteiger partial charge in [-0.1, -0.05) is 24.3 Å². The third-order valence-corrected chi connectivity index (χ3v) is 2.82. The zero-order chi connectivity index (χ0) is 13.1. The van der Waals surface area contributed by atoms with Crippen LogP contribution in [0.5, 0.6) is 11.5 Å². The Morgan fingerprint density at radius 3 is 2.67 bits per heavy atom. The van der Waals surface area contributed by atoms with Gasteiger partial charge in [-0.15, -0.1) is 0 Å². The molecule has 0 aliphatic heterocycles. The van der Waals surface area contributed by atoms with Crippen molar-refractivity contribution < 1.29 is 9.13 Å². The summed E-state index contributed by atoms with van der Waals surface area (Å²) in [4.78, 5) is 0. The molecule has 2 aromatic carbocycles. The first-order chi connectivity index (χ1) is 8.61. The molecule has 0 aliphatic carbocycles. The van der Waals surface area contributed by atoms with Crippen LogP contribution in [0, 0.1) is 19.7 Å². The average Bonchev–Trinajstić information content (AvgIpc) is 2.36. The topological polar surface area (TPSA) is 35.2 Å². The monoisotopic (exact) mass is 245 g/mol. The zero-order valence-electron chi connectivity index (χ0n) is 10.5. The van der Waals surface area contributed by atoms with E-state index in [1.807, 2.05) is 32.0 Å². The molecule has 0 radical (unpaired) electrons. The molecule has 3 heteroatoms. The van der Waals surface area contributed by atoms with E-state index in [1.54, 1.807) is 12.1 Å². The fourth-order valence-corrected chi connectivity index (χ4v) is 1.76. The van der Waals surface area contributed by atoms with Gasteiger partial charge in [-0.05, 0) is 37.1 Å². The van der Waals surface area contributed by atoms with Crippen molar-refractivity contribution in [1.29, 1.82) is 0 Å². The number of nitrogens with two attached hydrogens (primary N) is 1. The van der Waals surface area contributed by atoms with Crippen LogP contribution in [0.25, 0.3) is 0 Å². The summed E-state index contributed by atoms with van der Waals surface area (Å²) in [5, 5.41) is 0. The Hall–Kier alpha value is -1.87. The molecule has 2 rings (SSSR count). The summed E-state index contributed by atoms with van der Waals surface area (Å²) in [5.74, 6) is 0.488. The smallest absolute Gasteiger partial charge is 0.167 e. The van der Waals surface area contributed by atoms with E-state index in [0.717, 1.165) is 11.1 Å². The normalized spacial score (nSPS) is 10.4. The second-order valence-corrected chi connectivity index (χ2v) is 4.30. The fraction of sp³-hybridized carbons (Fsp3) is 0.200. The molecule has 94 valence electrons. The Morgan fingerprint density at radius 1 is 1.17 bits per heavy atom. The van der Waals surface area contributed by atoms with Gasteiger partial charge < -0.3 is 10.5 Å². The van der Waals surface area contributed by atoms with E-state index >= 15 is 0 Å². The molecule has 2 nitrogen and oxygen atoms in total. The van der Waals surface area contributed by atoms with Gasteiger partial charge in [0.15, 0.2) is 11.6 Å². The number of para-hydroxylation sites is 1. The lowest BCUT2D eigenvalue weighted by Crippen LogP contribution is -2.01. The lowest BCUT2D eigenvalue weighted by Gasteiger charge is -2.13. The molecule has 2 aromatic rings. The molecular formula is C15H16FNO. The lowest BCUT2D eigenvalue weighted by molar-refractivity contribution is 0.433. The molecule has 18 heavy (non-hydrogen) atoms. The quantitative estimate of drug-likeness (QED) is 0.895. The van der Waals surface area contributed by atoms with Crippen LogP contribution in [0.15, 0.2) is 36.4 Å². The molecule has 0 fully saturated rings. The molecule has 0 spiro atoms. The molecular weight excluding hydrogens is 229 g/mol. The number of hydrogen-bond acceptors (Lipinski definition) is 2. The van der Waals surface area contributed by atoms with E-state index in [0.29, 0.717) is 11.3 Å². The second-order valence-electron chi connectivity index (χ2n) is 4.30. The van der Waals surface area contributed by atoms with Gasteiger partial charge in [0.25, 0.3) is 0 Å². The highest BCUT2D eigenvalue weighted by molar-refractivity contribution is 5.43. The highest BCUT2D eigenvalue weighted by atomic mass is 19.1. The van der Waals surface area contributed by atoms with Crippen molar-refractivity contribution in [2.45, 2.75) is 20.4 Å². The second kappa shape index (κ2) is 5.19. The Bertz CT molecular complexity index is 566. The summed E-state index contributed by atoms with van der Waals surface area (Å²) in [6.45, 7) is 4.15. The van der Waals surface area contributed by atoms with E-state index in [1.165, 1.54) is 6.07 Å². The van der Waals surface area contributed by atoms with Gasteiger partial charge in [-0.3, -0.25) is 0 Å². The summed E-state index contributed by atoms with van der Waals surface area (Å²) in [5.41, 5.74) is 8.29. The van der Waals surface area contributed by atoms with E-state index in [2.05, 4.69) is 0 Å². The van der Waals surface area contributed by atoms with E-state index in [9.17, 15) is 4.39 Å². The molecule has 0 atom stereocenters. The fourth-order valence-electron chi connectivity index (χ4n) is 1.76. The first kappa shape index (κ1) is 12.6. The predicted molar refractivity (Wildman–Crippen MR) is 70.3 cm³/mol. The molecule has 0 bridgehead atoms. The van der Waals surface area contributed by atoms with Crippen LogP contribution in [0.1, 0.15) is 16.7 Å². The van der Waals surface area contributed by atoms with Crippen molar-refractivity contribution >= 4 is 0 Å². The predicted octanol–water partition coefficient (Wildman–Crippen LogP) is 3.69. The first-order valence-electron chi connectivity index (χ1n) is 5.84. The van der Waals surface area contributed by atoms with Crippen molar-refractivity contribution in [3.63, 3.8) is 0 Å². The maximum atomic E-state index is 13.8. The summed E-state index contributed by atoms with van der Waals surface area (Å²) < 4.78 is 19.5. The van der Waals surface area contributed by atoms with E-state index in [-0.39, 0.29) is 18.1 Å². The SMILES string of the molecule is Cc1ccc(C)c(Oc2c(F)cccc2CN)c1. The number of ether oxygens (including phenoxy) is 1. The van der Waals surface area contributed by atoms with Crippen molar-refractivity contribution in [2.75, 3.05) is 0 Å². The van der Waals surface area contributed by atoms with Crippen LogP contribution >= 0.6 is 0 Å². The van der Waals surface area contributed by atoms with Gasteiger partial charge in [0.1, 0.15) is 5.75 Å². The molecule has 0 saturated heterocycles. The van der Waals surface area contributed by atoms with Gasteiger partial charge in [-0.25, -0.2) is 4.39 Å². The number of hydrogen-bond donors (Lipinski definition) is 1. The van der Waals surface area contributed by atoms with Crippen LogP contribution in [0.4, 0.5) is 4.39 Å². The Balaban J connectivity index is 2.42. The third-order valence-electron chi connectivity index (χ3n) is 2.82. The maximum absolute atomic E-state index is 13.8. The van der Waals surface area contributed by atoms with Gasteiger partial charge in [0, 0.05) is 12.1 Å². The van der Waals surface area contributed by atoms with Crippen LogP contribution in [-0.4, -0.2) is 0 Å². The molecule has 0 aliphatic rings. The van der Waals surface area contributed by atoms with Gasteiger partial charge >= 0.3 is 0 Å². The standard InChI is InChI=1S/C15H16FNO/c1-10-6-7-11(2)14(8-10)18-15-12(9-17)4-3-5-13(15)16/h3-8H,9,17H2,1-2H3. The molecule has 0 unspecified atom stereocenters. The van der Waals surface area contributed by atoms with E-state index < -0.39 is 0 Å². The van der Waals surface area contributed by atoms with Crippen molar-refractivity contribution in [3.8, 4) is 11.5 Å². The van der Waals surface area contributed by atoms with Crippen LogP contribution in [0.2, 0.25) is 0 Å². The third kappa shape index (κ3) is 2.51. The number of rotatable bonds is 3. The zero-order valence-corrected chi connectivity index (χ0v) is 10.5. The summed E-state index contributed by atoms with van der Waals surface area (Å²) in [7, 11) is 0. The van der Waals surface area contributed by atoms with Crippen LogP contribution in [-0.2, 0) is 6.54 Å². The Kier molecular flexibility index (Phi) is 3.63. The Labute approximate surface area is 106 Å². The first-order valence-corrected chi connectivity index (χ1v) is 5.84. The molecule has 0 aromatic heterocycles. The summed E-state index contributed by atoms with van der Waals surface area (Å²) in [6, 6.07) is 10.6. The number of aryl methyl sites for hydroxylation is 2. The number of benzene rings is 2. The summed E-state index contributed by atoms with van der Waals surface area (Å²) >= 11 is 0. The maximum Gasteiger partial charge on any atom is 0.167 e. The van der Waals surface area contributed by atoms with Crippen molar-refractivity contribution in [3.05, 3.63) is 58.9 Å². The highest BCUT2D eigenvalue weighted by Gasteiger charge is 2.11. The number of halogens is 1. The average molecular weight is 245 g/mol. The van der Waals surface area contributed by atoms with Gasteiger partial charge in [-0.2, -0.15) is 0 Å². The molecule has 2 N–H and O–H groups in total. The van der Waals surface area contributed by atoms with Gasteiger partial charge in [0.2, 0.25) is 0 Å². The lowest BCUT2D eigenvalue weighted by atomic mass is 10.1. The molecule has 0 amide bonds. The van der Waals surface area contributed by atoms with Gasteiger partial charge in [0.05, 0.1) is 0 Å². The summed E-state index contributed by atoms with van der Waals surface area (Å²) in [6.07, 6.45) is 0. The van der Waals surface area contributed by atoms with Crippen LogP contribution in [0.3, 0.4) is 0 Å². The minimum absolute atomic E-state index is 0.216. The minimum Gasteiger partial charge on any atom is -0.454 e. The van der Waals surface area contributed by atoms with E-state index in [4.69, 9.17) is 10.5 Å². The molecule has 0 heterocycles. The molecule has 0 saturated carbocycles.